The Kier molecular flexibility index (Phi) is 6.86. The third kappa shape index (κ3) is 5.22. The first-order valence-electron chi connectivity index (χ1n) is 8.15. The number of carbonyl (C=O) groups is 2. The summed E-state index contributed by atoms with van der Waals surface area (Å²) in [6.07, 6.45) is 1.24. The van der Waals surface area contributed by atoms with Crippen molar-refractivity contribution in [3.05, 3.63) is 34.9 Å². The fraction of sp³-hybridized carbons (Fsp3) is 0.529. The van der Waals surface area contributed by atoms with Crippen molar-refractivity contribution in [3.8, 4) is 0 Å². The molecule has 0 unspecified atom stereocenters. The van der Waals surface area contributed by atoms with Gasteiger partial charge in [0.05, 0.1) is 0 Å². The lowest BCUT2D eigenvalue weighted by Gasteiger charge is -2.29. The summed E-state index contributed by atoms with van der Waals surface area (Å²) in [6.45, 7) is 6.31. The standard InChI is InChI=1S/C17H24ClN3O2/c1-2-10-21(17(23)14-3-5-15(18)6-4-14)11-7-16(22)20-12-8-19-9-13-20/h3-6,19H,2,7-13H2,1H3. The lowest BCUT2D eigenvalue weighted by atomic mass is 10.2. The van der Waals surface area contributed by atoms with Crippen molar-refractivity contribution < 1.29 is 9.59 Å². The molecule has 1 aliphatic heterocycles. The fourth-order valence-electron chi connectivity index (χ4n) is 2.66. The second kappa shape index (κ2) is 8.89. The summed E-state index contributed by atoms with van der Waals surface area (Å²) >= 11 is 5.87. The molecule has 0 atom stereocenters. The maximum absolute atomic E-state index is 12.6. The molecular formula is C17H24ClN3O2. The minimum Gasteiger partial charge on any atom is -0.340 e. The van der Waals surface area contributed by atoms with E-state index in [4.69, 9.17) is 11.6 Å². The first-order valence-corrected chi connectivity index (χ1v) is 8.53. The molecule has 1 fully saturated rings. The van der Waals surface area contributed by atoms with Gasteiger partial charge in [-0.05, 0) is 30.7 Å². The third-order valence-corrected chi connectivity index (χ3v) is 4.19. The number of benzene rings is 1. The molecular weight excluding hydrogens is 314 g/mol. The molecule has 0 radical (unpaired) electrons. The Bertz CT molecular complexity index is 527. The molecule has 1 N–H and O–H groups in total. The molecule has 6 heteroatoms. The fourth-order valence-corrected chi connectivity index (χ4v) is 2.79. The van der Waals surface area contributed by atoms with Gasteiger partial charge in [-0.2, -0.15) is 0 Å². The van der Waals surface area contributed by atoms with E-state index in [9.17, 15) is 9.59 Å². The summed E-state index contributed by atoms with van der Waals surface area (Å²) in [6, 6.07) is 6.88. The van der Waals surface area contributed by atoms with Gasteiger partial charge in [-0.15, -0.1) is 0 Å². The summed E-state index contributed by atoms with van der Waals surface area (Å²) in [5.74, 6) is 0.0770. The van der Waals surface area contributed by atoms with E-state index in [1.165, 1.54) is 0 Å². The molecule has 0 saturated carbocycles. The maximum Gasteiger partial charge on any atom is 0.253 e. The zero-order valence-corrected chi connectivity index (χ0v) is 14.3. The average molecular weight is 338 g/mol. The van der Waals surface area contributed by atoms with E-state index in [-0.39, 0.29) is 11.8 Å². The number of piperazine rings is 1. The van der Waals surface area contributed by atoms with Crippen molar-refractivity contribution in [2.75, 3.05) is 39.3 Å². The van der Waals surface area contributed by atoms with E-state index < -0.39 is 0 Å². The molecule has 23 heavy (non-hydrogen) atoms. The number of rotatable bonds is 6. The summed E-state index contributed by atoms with van der Waals surface area (Å²) < 4.78 is 0. The van der Waals surface area contributed by atoms with Gasteiger partial charge in [0.25, 0.3) is 5.91 Å². The summed E-state index contributed by atoms with van der Waals surface area (Å²) in [5.41, 5.74) is 0.609. The molecule has 2 amide bonds. The third-order valence-electron chi connectivity index (χ3n) is 3.94. The molecule has 1 saturated heterocycles. The van der Waals surface area contributed by atoms with Crippen molar-refractivity contribution >= 4 is 23.4 Å². The maximum atomic E-state index is 12.6. The molecule has 1 aromatic rings. The SMILES string of the molecule is CCCN(CCC(=O)N1CCNCC1)C(=O)c1ccc(Cl)cc1. The van der Waals surface area contributed by atoms with Gasteiger partial charge in [0.15, 0.2) is 0 Å². The van der Waals surface area contributed by atoms with Crippen LogP contribution in [-0.4, -0.2) is 60.9 Å². The number of nitrogens with one attached hydrogen (secondary N) is 1. The molecule has 0 bridgehead atoms. The first-order chi connectivity index (χ1) is 11.1. The molecule has 1 heterocycles. The van der Waals surface area contributed by atoms with Crippen LogP contribution in [-0.2, 0) is 4.79 Å². The van der Waals surface area contributed by atoms with E-state index in [1.54, 1.807) is 29.2 Å². The summed E-state index contributed by atoms with van der Waals surface area (Å²) in [4.78, 5) is 28.5. The van der Waals surface area contributed by atoms with Gasteiger partial charge >= 0.3 is 0 Å². The Morgan fingerprint density at radius 1 is 1.17 bits per heavy atom. The highest BCUT2D eigenvalue weighted by molar-refractivity contribution is 6.30. The van der Waals surface area contributed by atoms with Crippen molar-refractivity contribution in [2.24, 2.45) is 0 Å². The molecule has 2 rings (SSSR count). The largest absolute Gasteiger partial charge is 0.340 e. The van der Waals surface area contributed by atoms with Gasteiger partial charge in [0, 0.05) is 56.3 Å². The Morgan fingerprint density at radius 3 is 2.43 bits per heavy atom. The smallest absolute Gasteiger partial charge is 0.253 e. The van der Waals surface area contributed by atoms with Crippen LogP contribution in [0.25, 0.3) is 0 Å². The van der Waals surface area contributed by atoms with Crippen LogP contribution in [0.15, 0.2) is 24.3 Å². The molecule has 0 aromatic heterocycles. The monoisotopic (exact) mass is 337 g/mol. The summed E-state index contributed by atoms with van der Waals surface area (Å²) in [7, 11) is 0. The second-order valence-corrected chi connectivity index (χ2v) is 6.12. The Morgan fingerprint density at radius 2 is 1.83 bits per heavy atom. The van der Waals surface area contributed by atoms with Crippen LogP contribution >= 0.6 is 11.6 Å². The average Bonchev–Trinajstić information content (AvgIpc) is 2.59. The predicted molar refractivity (Wildman–Crippen MR) is 91.7 cm³/mol. The molecule has 126 valence electrons. The zero-order chi connectivity index (χ0) is 16.7. The Labute approximate surface area is 142 Å². The molecule has 1 aromatic carbocycles. The van der Waals surface area contributed by atoms with E-state index in [0.717, 1.165) is 32.6 Å². The highest BCUT2D eigenvalue weighted by Crippen LogP contribution is 2.12. The molecule has 0 spiro atoms. The van der Waals surface area contributed by atoms with Gasteiger partial charge in [-0.1, -0.05) is 18.5 Å². The highest BCUT2D eigenvalue weighted by atomic mass is 35.5. The van der Waals surface area contributed by atoms with E-state index in [2.05, 4.69) is 5.32 Å². The highest BCUT2D eigenvalue weighted by Gasteiger charge is 2.20. The second-order valence-electron chi connectivity index (χ2n) is 5.68. The van der Waals surface area contributed by atoms with Crippen molar-refractivity contribution in [3.63, 3.8) is 0 Å². The van der Waals surface area contributed by atoms with Gasteiger partial charge in [-0.25, -0.2) is 0 Å². The topological polar surface area (TPSA) is 52.7 Å². The normalized spacial score (nSPS) is 14.6. The van der Waals surface area contributed by atoms with Crippen LogP contribution in [0.3, 0.4) is 0 Å². The minimum atomic E-state index is -0.0448. The van der Waals surface area contributed by atoms with Crippen LogP contribution in [0.1, 0.15) is 30.1 Å². The number of hydrogen-bond acceptors (Lipinski definition) is 3. The van der Waals surface area contributed by atoms with Gasteiger partial charge in [-0.3, -0.25) is 9.59 Å². The van der Waals surface area contributed by atoms with Gasteiger partial charge in [0.2, 0.25) is 5.91 Å². The van der Waals surface area contributed by atoms with Gasteiger partial charge < -0.3 is 15.1 Å². The van der Waals surface area contributed by atoms with Crippen LogP contribution < -0.4 is 5.32 Å². The summed E-state index contributed by atoms with van der Waals surface area (Å²) in [5, 5.41) is 3.84. The number of hydrogen-bond donors (Lipinski definition) is 1. The quantitative estimate of drug-likeness (QED) is 0.864. The number of amides is 2. The van der Waals surface area contributed by atoms with E-state index in [0.29, 0.717) is 30.1 Å². The Hall–Kier alpha value is -1.59. The minimum absolute atomic E-state index is 0.0448. The predicted octanol–water partition coefficient (Wildman–Crippen LogP) is 2.01. The van der Waals surface area contributed by atoms with E-state index >= 15 is 0 Å². The molecule has 1 aliphatic rings. The first kappa shape index (κ1) is 17.8. The molecule has 0 aliphatic carbocycles. The van der Waals surface area contributed by atoms with Crippen LogP contribution in [0, 0.1) is 0 Å². The van der Waals surface area contributed by atoms with E-state index in [1.807, 2.05) is 11.8 Å². The number of carbonyl (C=O) groups excluding carboxylic acids is 2. The van der Waals surface area contributed by atoms with Gasteiger partial charge in [0.1, 0.15) is 0 Å². The van der Waals surface area contributed by atoms with Crippen LogP contribution in [0.5, 0.6) is 0 Å². The van der Waals surface area contributed by atoms with Crippen molar-refractivity contribution in [2.45, 2.75) is 19.8 Å². The Balaban J connectivity index is 1.93. The lowest BCUT2D eigenvalue weighted by molar-refractivity contribution is -0.131. The number of nitrogens with zero attached hydrogens (tertiary/aromatic N) is 2. The number of halogens is 1. The van der Waals surface area contributed by atoms with Crippen molar-refractivity contribution in [1.82, 2.24) is 15.1 Å². The van der Waals surface area contributed by atoms with Crippen molar-refractivity contribution in [1.29, 1.82) is 0 Å². The van der Waals surface area contributed by atoms with Crippen LogP contribution in [0.4, 0.5) is 0 Å². The lowest BCUT2D eigenvalue weighted by Crippen LogP contribution is -2.47. The van der Waals surface area contributed by atoms with Crippen LogP contribution in [0.2, 0.25) is 5.02 Å². The molecule has 5 nitrogen and oxygen atoms in total. The zero-order valence-electron chi connectivity index (χ0n) is 13.6.